The lowest BCUT2D eigenvalue weighted by Gasteiger charge is -2.33. The van der Waals surface area contributed by atoms with Crippen LogP contribution in [0.2, 0.25) is 0 Å². The molecule has 0 radical (unpaired) electrons. The van der Waals surface area contributed by atoms with Crippen molar-refractivity contribution in [2.45, 2.75) is 25.2 Å². The number of ether oxygens (including phenoxy) is 4. The number of rotatable bonds is 9. The highest BCUT2D eigenvalue weighted by atomic mass is 31.2. The van der Waals surface area contributed by atoms with E-state index in [1.165, 1.54) is 13.8 Å². The van der Waals surface area contributed by atoms with Gasteiger partial charge in [0, 0.05) is 7.11 Å². The average Bonchev–Trinajstić information content (AvgIpc) is 2.65. The highest BCUT2D eigenvalue weighted by molar-refractivity contribution is 7.62. The van der Waals surface area contributed by atoms with Crippen molar-refractivity contribution >= 4 is 31.2 Å². The summed E-state index contributed by atoms with van der Waals surface area (Å²) in [5, 5.41) is 0. The fourth-order valence-corrected chi connectivity index (χ4v) is 5.69. The predicted octanol–water partition coefficient (Wildman–Crippen LogP) is 0.612. The third kappa shape index (κ3) is 4.82. The Hall–Kier alpha value is -1.93. The molecule has 10 nitrogen and oxygen atoms in total. The van der Waals surface area contributed by atoms with Gasteiger partial charge in [-0.25, -0.2) is 0 Å². The number of hydrogen-bond donors (Lipinski definition) is 0. The summed E-state index contributed by atoms with van der Waals surface area (Å²) >= 11 is 0. The third-order valence-corrected chi connectivity index (χ3v) is 7.48. The average molecular weight is 396 g/mol. The summed E-state index contributed by atoms with van der Waals surface area (Å²) in [6.45, 7) is 2.55. The molecule has 0 amide bonds. The van der Waals surface area contributed by atoms with Crippen molar-refractivity contribution in [3.63, 3.8) is 0 Å². The molecule has 0 aromatic carbocycles. The molecule has 0 N–H and O–H groups in total. The van der Waals surface area contributed by atoms with Crippen molar-refractivity contribution in [2.75, 3.05) is 35.5 Å². The lowest BCUT2D eigenvalue weighted by Crippen LogP contribution is -2.43. The topological polar surface area (TPSA) is 132 Å². The van der Waals surface area contributed by atoms with Crippen LogP contribution in [0.3, 0.4) is 0 Å². The lowest BCUT2D eigenvalue weighted by atomic mass is 10.1. The van der Waals surface area contributed by atoms with Crippen LogP contribution >= 0.6 is 7.37 Å². The Balaban J connectivity index is 6.49. The molecule has 0 aliphatic heterocycles. The highest BCUT2D eigenvalue weighted by Gasteiger charge is 2.57. The molecule has 0 aliphatic carbocycles. The summed E-state index contributed by atoms with van der Waals surface area (Å²) in [7, 11) is 0.852. The van der Waals surface area contributed by atoms with Crippen molar-refractivity contribution < 1.29 is 47.2 Å². The largest absolute Gasteiger partial charge is 0.469 e. The van der Waals surface area contributed by atoms with Gasteiger partial charge in [-0.05, 0) is 0 Å². The van der Waals surface area contributed by atoms with E-state index >= 15 is 0 Å². The van der Waals surface area contributed by atoms with Crippen LogP contribution in [0, 0.1) is 11.8 Å². The summed E-state index contributed by atoms with van der Waals surface area (Å²) in [6, 6.07) is 0. The first-order chi connectivity index (χ1) is 12.1. The quantitative estimate of drug-likeness (QED) is 0.310. The number of methoxy groups -OCH3 is 4. The zero-order valence-electron chi connectivity index (χ0n) is 15.8. The van der Waals surface area contributed by atoms with Crippen LogP contribution in [0.1, 0.15) is 13.8 Å². The van der Waals surface area contributed by atoms with Gasteiger partial charge in [0.05, 0.1) is 40.3 Å². The molecule has 4 unspecified atom stereocenters. The summed E-state index contributed by atoms with van der Waals surface area (Å²) in [4.78, 5) is 48.5. The van der Waals surface area contributed by atoms with Crippen LogP contribution in [0.4, 0.5) is 0 Å². The first-order valence-corrected chi connectivity index (χ1v) is 9.29. The van der Waals surface area contributed by atoms with Gasteiger partial charge >= 0.3 is 23.9 Å². The molecule has 0 aromatic rings. The minimum Gasteiger partial charge on any atom is -0.469 e. The molecule has 0 rings (SSSR count). The number of esters is 4. The van der Waals surface area contributed by atoms with Crippen LogP contribution < -0.4 is 0 Å². The summed E-state index contributed by atoms with van der Waals surface area (Å²) < 4.78 is 37.2. The second-order valence-corrected chi connectivity index (χ2v) is 8.16. The molecule has 11 heteroatoms. The van der Waals surface area contributed by atoms with E-state index in [4.69, 9.17) is 4.52 Å². The Labute approximate surface area is 151 Å². The van der Waals surface area contributed by atoms with Crippen LogP contribution in [-0.4, -0.2) is 70.7 Å². The fraction of sp³-hybridized carbons (Fsp3) is 0.733. The number of carbonyl (C=O) groups is 4. The van der Waals surface area contributed by atoms with Crippen molar-refractivity contribution in [1.29, 1.82) is 0 Å². The van der Waals surface area contributed by atoms with E-state index in [-0.39, 0.29) is 0 Å². The summed E-state index contributed by atoms with van der Waals surface area (Å²) in [5.74, 6) is -6.41. The van der Waals surface area contributed by atoms with Crippen LogP contribution in [0.5, 0.6) is 0 Å². The number of carbonyl (C=O) groups excluding carboxylic acids is 4. The molecule has 0 aliphatic rings. The first kappa shape index (κ1) is 24.1. The van der Waals surface area contributed by atoms with Crippen molar-refractivity contribution in [2.24, 2.45) is 11.8 Å². The summed E-state index contributed by atoms with van der Waals surface area (Å²) in [6.07, 6.45) is 0. The molecule has 150 valence electrons. The van der Waals surface area contributed by atoms with Gasteiger partial charge in [-0.15, -0.1) is 0 Å². The molecular weight excluding hydrogens is 371 g/mol. The Kier molecular flexibility index (Phi) is 9.51. The molecule has 0 bridgehead atoms. The lowest BCUT2D eigenvalue weighted by molar-refractivity contribution is -0.152. The number of hydrogen-bond acceptors (Lipinski definition) is 10. The van der Waals surface area contributed by atoms with Gasteiger partial charge in [-0.2, -0.15) is 0 Å². The monoisotopic (exact) mass is 396 g/mol. The first-order valence-electron chi connectivity index (χ1n) is 7.53. The smallest absolute Gasteiger partial charge is 0.319 e. The zero-order chi connectivity index (χ0) is 20.7. The highest BCUT2D eigenvalue weighted by Crippen LogP contribution is 2.61. The minimum absolute atomic E-state index is 0.869. The van der Waals surface area contributed by atoms with Gasteiger partial charge in [0.2, 0.25) is 7.37 Å². The standard InChI is InChI=1S/C15H25O10P/c1-8(12(16)21-3)10(14(18)23-5)26(20,25-7)11(15(19)24-6)9(2)13(17)22-4/h8-11H,1-7H3. The van der Waals surface area contributed by atoms with Gasteiger partial charge in [-0.1, -0.05) is 13.8 Å². The van der Waals surface area contributed by atoms with E-state index < -0.39 is 54.4 Å². The van der Waals surface area contributed by atoms with Gasteiger partial charge in [0.1, 0.15) is 11.3 Å². The SMILES string of the molecule is COC(=O)C(C)C(C(=O)OC)P(=O)(OC)C(C(=O)OC)C(C)C(=O)OC. The predicted molar refractivity (Wildman–Crippen MR) is 88.6 cm³/mol. The fourth-order valence-electron chi connectivity index (χ4n) is 2.60. The maximum Gasteiger partial charge on any atom is 0.319 e. The van der Waals surface area contributed by atoms with Gasteiger partial charge < -0.3 is 23.5 Å². The van der Waals surface area contributed by atoms with E-state index in [0.29, 0.717) is 0 Å². The Morgan fingerprint density at radius 2 is 0.885 bits per heavy atom. The van der Waals surface area contributed by atoms with Crippen LogP contribution in [-0.2, 0) is 47.2 Å². The molecule has 0 saturated heterocycles. The van der Waals surface area contributed by atoms with E-state index in [2.05, 4.69) is 18.9 Å². The molecule has 0 fully saturated rings. The summed E-state index contributed by atoms with van der Waals surface area (Å²) in [5.41, 5.74) is -3.39. The third-order valence-electron chi connectivity index (χ3n) is 4.04. The molecule has 0 heterocycles. The van der Waals surface area contributed by atoms with Crippen molar-refractivity contribution in [3.05, 3.63) is 0 Å². The Morgan fingerprint density at radius 1 is 0.615 bits per heavy atom. The van der Waals surface area contributed by atoms with Crippen LogP contribution in [0.25, 0.3) is 0 Å². The second-order valence-electron chi connectivity index (χ2n) is 5.39. The minimum atomic E-state index is -4.36. The molecule has 0 saturated carbocycles. The van der Waals surface area contributed by atoms with E-state index in [1.54, 1.807) is 0 Å². The Bertz CT molecular complexity index is 541. The van der Waals surface area contributed by atoms with Gasteiger partial charge in [-0.3, -0.25) is 23.7 Å². The van der Waals surface area contributed by atoms with Gasteiger partial charge in [0.15, 0.2) is 0 Å². The molecule has 0 spiro atoms. The van der Waals surface area contributed by atoms with Gasteiger partial charge in [0.25, 0.3) is 0 Å². The Morgan fingerprint density at radius 3 is 1.08 bits per heavy atom. The molecule has 26 heavy (non-hydrogen) atoms. The molecule has 0 aromatic heterocycles. The van der Waals surface area contributed by atoms with E-state index in [9.17, 15) is 23.7 Å². The second kappa shape index (κ2) is 10.3. The van der Waals surface area contributed by atoms with Crippen LogP contribution in [0.15, 0.2) is 0 Å². The molecular formula is C15H25O10P. The van der Waals surface area contributed by atoms with E-state index in [1.807, 2.05) is 0 Å². The molecule has 4 atom stereocenters. The normalized spacial score (nSPS) is 17.7. The van der Waals surface area contributed by atoms with E-state index in [0.717, 1.165) is 35.5 Å². The van der Waals surface area contributed by atoms with Crippen molar-refractivity contribution in [3.8, 4) is 0 Å². The maximum atomic E-state index is 13.7. The van der Waals surface area contributed by atoms with Crippen molar-refractivity contribution in [1.82, 2.24) is 0 Å². The zero-order valence-corrected chi connectivity index (χ0v) is 16.7. The maximum absolute atomic E-state index is 13.7.